The van der Waals surface area contributed by atoms with Crippen LogP contribution >= 0.6 is 0 Å². The monoisotopic (exact) mass is 606 g/mol. The Labute approximate surface area is 255 Å². The lowest BCUT2D eigenvalue weighted by molar-refractivity contribution is -0.137. The van der Waals surface area contributed by atoms with E-state index < -0.39 is 11.7 Å². The van der Waals surface area contributed by atoms with Gasteiger partial charge < -0.3 is 24.0 Å². The minimum absolute atomic E-state index is 0.0330. The van der Waals surface area contributed by atoms with Crippen molar-refractivity contribution in [1.29, 1.82) is 0 Å². The van der Waals surface area contributed by atoms with Crippen LogP contribution in [0.15, 0.2) is 78.9 Å². The second-order valence-corrected chi connectivity index (χ2v) is 11.5. The van der Waals surface area contributed by atoms with Crippen LogP contribution in [0, 0.1) is 5.92 Å². The van der Waals surface area contributed by atoms with Crippen molar-refractivity contribution in [3.63, 3.8) is 0 Å². The molecule has 0 aliphatic carbocycles. The highest BCUT2D eigenvalue weighted by Gasteiger charge is 2.37. The van der Waals surface area contributed by atoms with E-state index in [1.165, 1.54) is 12.1 Å². The number of amides is 1. The van der Waals surface area contributed by atoms with Crippen molar-refractivity contribution < 1.29 is 32.2 Å². The predicted molar refractivity (Wildman–Crippen MR) is 165 cm³/mol. The number of likely N-dealkylation sites (tertiary alicyclic amines) is 1. The normalized spacial score (nSPS) is 14.8. The van der Waals surface area contributed by atoms with Gasteiger partial charge in [0.25, 0.3) is 5.91 Å². The number of ether oxygens (including phenoxy) is 3. The fraction of sp³-hybridized carbons (Fsp3) is 0.343. The number of methoxy groups -OCH3 is 2. The molecule has 0 bridgehead atoms. The summed E-state index contributed by atoms with van der Waals surface area (Å²) in [6.07, 6.45) is -4.42. The molecule has 4 aromatic carbocycles. The zero-order valence-electron chi connectivity index (χ0n) is 25.5. The highest BCUT2D eigenvalue weighted by atomic mass is 19.4. The molecule has 1 fully saturated rings. The SMILES string of the molecule is COc1ccc(CN(C(=O)c2ccc3c(Oc4ccc(C(F)(F)F)cc4)cccc3c2)C(C)C2CN(C(C)C)C2)c(OC)c1. The van der Waals surface area contributed by atoms with Crippen LogP contribution in [-0.4, -0.2) is 55.1 Å². The van der Waals surface area contributed by atoms with Crippen LogP contribution in [-0.2, 0) is 12.7 Å². The number of benzene rings is 4. The molecule has 6 nitrogen and oxygen atoms in total. The molecule has 1 aliphatic rings. The highest BCUT2D eigenvalue weighted by molar-refractivity contribution is 6.00. The lowest BCUT2D eigenvalue weighted by Crippen LogP contribution is -2.58. The second-order valence-electron chi connectivity index (χ2n) is 11.5. The van der Waals surface area contributed by atoms with E-state index in [1.807, 2.05) is 41.3 Å². The summed E-state index contributed by atoms with van der Waals surface area (Å²) in [6.45, 7) is 8.66. The molecule has 1 atom stereocenters. The molecule has 1 amide bonds. The van der Waals surface area contributed by atoms with Crippen LogP contribution in [0.4, 0.5) is 13.2 Å². The number of hydrogen-bond acceptors (Lipinski definition) is 5. The number of carbonyl (C=O) groups is 1. The third-order valence-corrected chi connectivity index (χ3v) is 8.43. The number of fused-ring (bicyclic) bond motifs is 1. The first kappa shape index (κ1) is 31.2. The fourth-order valence-corrected chi connectivity index (χ4v) is 5.58. The van der Waals surface area contributed by atoms with E-state index in [0.29, 0.717) is 41.3 Å². The lowest BCUT2D eigenvalue weighted by atomic mass is 9.89. The second kappa shape index (κ2) is 12.8. The minimum atomic E-state index is -4.42. The number of nitrogens with zero attached hydrogens (tertiary/aromatic N) is 2. The highest BCUT2D eigenvalue weighted by Crippen LogP contribution is 2.35. The average Bonchev–Trinajstić information content (AvgIpc) is 2.98. The summed E-state index contributed by atoms with van der Waals surface area (Å²) in [7, 11) is 3.21. The van der Waals surface area contributed by atoms with Gasteiger partial charge in [-0.05, 0) is 86.8 Å². The molecule has 0 spiro atoms. The van der Waals surface area contributed by atoms with Crippen molar-refractivity contribution >= 4 is 16.7 Å². The fourth-order valence-electron chi connectivity index (χ4n) is 5.58. The molecule has 232 valence electrons. The molecule has 1 unspecified atom stereocenters. The topological polar surface area (TPSA) is 51.2 Å². The number of alkyl halides is 3. The van der Waals surface area contributed by atoms with Crippen molar-refractivity contribution in [2.75, 3.05) is 27.3 Å². The Morgan fingerprint density at radius 3 is 2.23 bits per heavy atom. The van der Waals surface area contributed by atoms with Gasteiger partial charge in [0.05, 0.1) is 19.8 Å². The first-order valence-corrected chi connectivity index (χ1v) is 14.6. The molecule has 0 N–H and O–H groups in total. The third-order valence-electron chi connectivity index (χ3n) is 8.43. The van der Waals surface area contributed by atoms with Crippen LogP contribution < -0.4 is 14.2 Å². The molecule has 4 aromatic rings. The molecular formula is C35H37F3N2O4. The summed E-state index contributed by atoms with van der Waals surface area (Å²) in [6, 6.07) is 21.5. The van der Waals surface area contributed by atoms with Gasteiger partial charge in [-0.2, -0.15) is 13.2 Å². The molecule has 5 rings (SSSR count). The minimum Gasteiger partial charge on any atom is -0.497 e. The number of hydrogen-bond donors (Lipinski definition) is 0. The Hall–Kier alpha value is -4.24. The number of rotatable bonds is 10. The Kier molecular flexibility index (Phi) is 9.06. The Bertz CT molecular complexity index is 1620. The van der Waals surface area contributed by atoms with Gasteiger partial charge >= 0.3 is 6.18 Å². The summed E-state index contributed by atoms with van der Waals surface area (Å²) < 4.78 is 55.9. The first-order valence-electron chi connectivity index (χ1n) is 14.6. The van der Waals surface area contributed by atoms with E-state index in [2.05, 4.69) is 25.7 Å². The lowest BCUT2D eigenvalue weighted by Gasteiger charge is -2.47. The summed E-state index contributed by atoms with van der Waals surface area (Å²) in [4.78, 5) is 18.5. The van der Waals surface area contributed by atoms with E-state index in [-0.39, 0.29) is 17.7 Å². The zero-order valence-corrected chi connectivity index (χ0v) is 25.5. The van der Waals surface area contributed by atoms with Gasteiger partial charge in [-0.25, -0.2) is 0 Å². The van der Waals surface area contributed by atoms with E-state index in [9.17, 15) is 18.0 Å². The van der Waals surface area contributed by atoms with Gasteiger partial charge in [0.2, 0.25) is 0 Å². The van der Waals surface area contributed by atoms with Crippen molar-refractivity contribution in [2.24, 2.45) is 5.92 Å². The smallest absolute Gasteiger partial charge is 0.416 e. The molecule has 0 saturated carbocycles. The van der Waals surface area contributed by atoms with E-state index in [4.69, 9.17) is 14.2 Å². The molecule has 44 heavy (non-hydrogen) atoms. The maximum absolute atomic E-state index is 14.2. The van der Waals surface area contributed by atoms with Crippen molar-refractivity contribution in [3.8, 4) is 23.0 Å². The summed E-state index contributed by atoms with van der Waals surface area (Å²) in [5, 5.41) is 1.52. The van der Waals surface area contributed by atoms with E-state index in [1.54, 1.807) is 32.4 Å². The third kappa shape index (κ3) is 6.63. The Balaban J connectivity index is 1.43. The zero-order chi connectivity index (χ0) is 31.6. The Morgan fingerprint density at radius 2 is 1.59 bits per heavy atom. The summed E-state index contributed by atoms with van der Waals surface area (Å²) in [5.74, 6) is 2.32. The number of carbonyl (C=O) groups excluding carboxylic acids is 1. The standard InChI is InChI=1S/C35H37F3N2O4/c1-22(2)39-19-27(20-39)23(3)40(21-26-9-13-30(42-4)18-33(26)43-5)34(41)25-10-16-31-24(17-25)7-6-8-32(31)44-29-14-11-28(12-15-29)35(36,37)38/h6-18,22-23,27H,19-21H2,1-5H3. The molecular weight excluding hydrogens is 569 g/mol. The van der Waals surface area contributed by atoms with Crippen LogP contribution in [0.25, 0.3) is 10.8 Å². The largest absolute Gasteiger partial charge is 0.497 e. The average molecular weight is 607 g/mol. The van der Waals surface area contributed by atoms with Crippen LogP contribution in [0.2, 0.25) is 0 Å². The van der Waals surface area contributed by atoms with Crippen LogP contribution in [0.5, 0.6) is 23.0 Å². The first-order chi connectivity index (χ1) is 21.0. The van der Waals surface area contributed by atoms with E-state index >= 15 is 0 Å². The van der Waals surface area contributed by atoms with Crippen molar-refractivity contribution in [3.05, 3.63) is 95.6 Å². The van der Waals surface area contributed by atoms with Gasteiger partial charge in [-0.15, -0.1) is 0 Å². The van der Waals surface area contributed by atoms with Gasteiger partial charge in [0.1, 0.15) is 23.0 Å². The van der Waals surface area contributed by atoms with Crippen molar-refractivity contribution in [1.82, 2.24) is 9.80 Å². The molecule has 1 saturated heterocycles. The maximum atomic E-state index is 14.2. The summed E-state index contributed by atoms with van der Waals surface area (Å²) in [5.41, 5.74) is 0.667. The van der Waals surface area contributed by atoms with E-state index in [0.717, 1.165) is 41.6 Å². The quantitative estimate of drug-likeness (QED) is 0.183. The molecule has 9 heteroatoms. The predicted octanol–water partition coefficient (Wildman–Crippen LogP) is 8.04. The Morgan fingerprint density at radius 1 is 0.886 bits per heavy atom. The maximum Gasteiger partial charge on any atom is 0.416 e. The molecule has 1 heterocycles. The molecule has 0 aromatic heterocycles. The van der Waals surface area contributed by atoms with Crippen molar-refractivity contribution in [2.45, 2.75) is 45.6 Å². The van der Waals surface area contributed by atoms with Gasteiger partial charge in [-0.3, -0.25) is 4.79 Å². The van der Waals surface area contributed by atoms with Crippen LogP contribution in [0.1, 0.15) is 42.3 Å². The van der Waals surface area contributed by atoms with Crippen LogP contribution in [0.3, 0.4) is 0 Å². The summed E-state index contributed by atoms with van der Waals surface area (Å²) >= 11 is 0. The number of halogens is 3. The van der Waals surface area contributed by atoms with Gasteiger partial charge in [0, 0.05) is 60.2 Å². The van der Waals surface area contributed by atoms with Gasteiger partial charge in [-0.1, -0.05) is 12.1 Å². The molecule has 1 aliphatic heterocycles. The van der Waals surface area contributed by atoms with Gasteiger partial charge in [0.15, 0.2) is 0 Å². The molecule has 0 radical (unpaired) electrons.